The molecule has 0 bridgehead atoms. The van der Waals surface area contributed by atoms with Crippen LogP contribution < -0.4 is 25.8 Å². The largest absolute Gasteiger partial charge is 0.493 e. The molecule has 7 nitrogen and oxygen atoms in total. The van der Waals surface area contributed by atoms with Gasteiger partial charge < -0.3 is 25.8 Å². The van der Waals surface area contributed by atoms with Gasteiger partial charge in [0.1, 0.15) is 6.04 Å². The van der Waals surface area contributed by atoms with Gasteiger partial charge in [-0.15, -0.1) is 0 Å². The van der Waals surface area contributed by atoms with E-state index in [-0.39, 0.29) is 5.91 Å². The maximum absolute atomic E-state index is 12.2. The van der Waals surface area contributed by atoms with Gasteiger partial charge in [-0.1, -0.05) is 6.07 Å². The number of primary amides is 1. The number of thioether (sulfide) groups is 1. The van der Waals surface area contributed by atoms with Crippen molar-refractivity contribution in [1.82, 2.24) is 10.6 Å². The highest BCUT2D eigenvalue weighted by Gasteiger charge is 2.19. The fourth-order valence-electron chi connectivity index (χ4n) is 1.98. The fourth-order valence-corrected chi connectivity index (χ4v) is 2.45. The quantitative estimate of drug-likeness (QED) is 0.624. The van der Waals surface area contributed by atoms with Gasteiger partial charge in [-0.3, -0.25) is 4.79 Å². The maximum atomic E-state index is 12.2. The van der Waals surface area contributed by atoms with Crippen molar-refractivity contribution in [3.63, 3.8) is 0 Å². The number of carbonyl (C=O) groups is 2. The summed E-state index contributed by atoms with van der Waals surface area (Å²) in [7, 11) is 3.11. The predicted molar refractivity (Wildman–Crippen MR) is 90.9 cm³/mol. The smallest absolute Gasteiger partial charge is 0.312 e. The standard InChI is InChI=1S/C15H23N3O4S/c1-21-12-5-4-10(8-13(12)22-2)9-17-14(19)11(6-7-23-3)18-15(16)20/h4-5,8,11H,6-7,9H2,1-3H3,(H,17,19)(H3,16,18,20)/t11-/m1/s1. The molecule has 128 valence electrons. The third kappa shape index (κ3) is 6.27. The van der Waals surface area contributed by atoms with Crippen molar-refractivity contribution < 1.29 is 19.1 Å². The molecule has 23 heavy (non-hydrogen) atoms. The number of urea groups is 1. The van der Waals surface area contributed by atoms with Gasteiger partial charge >= 0.3 is 6.03 Å². The Morgan fingerprint density at radius 2 is 1.96 bits per heavy atom. The van der Waals surface area contributed by atoms with Crippen LogP contribution >= 0.6 is 11.8 Å². The summed E-state index contributed by atoms with van der Waals surface area (Å²) < 4.78 is 10.4. The number of methoxy groups -OCH3 is 2. The molecule has 0 saturated heterocycles. The third-order valence-corrected chi connectivity index (χ3v) is 3.80. The van der Waals surface area contributed by atoms with E-state index in [0.29, 0.717) is 24.5 Å². The maximum Gasteiger partial charge on any atom is 0.312 e. The second-order valence-electron chi connectivity index (χ2n) is 4.75. The van der Waals surface area contributed by atoms with Crippen molar-refractivity contribution in [2.45, 2.75) is 19.0 Å². The number of hydrogen-bond acceptors (Lipinski definition) is 5. The van der Waals surface area contributed by atoms with Crippen LogP contribution in [0, 0.1) is 0 Å². The topological polar surface area (TPSA) is 103 Å². The number of nitrogens with two attached hydrogens (primary N) is 1. The Kier molecular flexibility index (Phi) is 8.10. The predicted octanol–water partition coefficient (Wildman–Crippen LogP) is 1.11. The number of ether oxygens (including phenoxy) is 2. The Morgan fingerprint density at radius 1 is 1.26 bits per heavy atom. The van der Waals surface area contributed by atoms with Crippen molar-refractivity contribution >= 4 is 23.7 Å². The van der Waals surface area contributed by atoms with Gasteiger partial charge in [-0.05, 0) is 36.1 Å². The highest BCUT2D eigenvalue weighted by atomic mass is 32.2. The molecular formula is C15H23N3O4S. The van der Waals surface area contributed by atoms with Crippen molar-refractivity contribution in [2.24, 2.45) is 5.73 Å². The first kappa shape index (κ1) is 19.0. The zero-order valence-corrected chi connectivity index (χ0v) is 14.4. The van der Waals surface area contributed by atoms with E-state index in [0.717, 1.165) is 11.3 Å². The molecule has 0 aromatic heterocycles. The van der Waals surface area contributed by atoms with Gasteiger partial charge in [-0.2, -0.15) is 11.8 Å². The SMILES string of the molecule is COc1ccc(CNC(=O)[C@@H](CCSC)NC(N)=O)cc1OC. The van der Waals surface area contributed by atoms with E-state index >= 15 is 0 Å². The average molecular weight is 341 g/mol. The van der Waals surface area contributed by atoms with E-state index in [4.69, 9.17) is 15.2 Å². The molecule has 1 atom stereocenters. The number of benzene rings is 1. The minimum Gasteiger partial charge on any atom is -0.493 e. The molecule has 1 aromatic carbocycles. The van der Waals surface area contributed by atoms with Crippen molar-refractivity contribution in [3.05, 3.63) is 23.8 Å². The molecule has 0 fully saturated rings. The average Bonchev–Trinajstić information content (AvgIpc) is 2.55. The molecule has 0 unspecified atom stereocenters. The number of carbonyl (C=O) groups excluding carboxylic acids is 2. The molecule has 0 aliphatic carbocycles. The van der Waals surface area contributed by atoms with Gasteiger partial charge in [0.05, 0.1) is 14.2 Å². The normalized spacial score (nSPS) is 11.4. The molecule has 3 amide bonds. The number of rotatable bonds is 9. The van der Waals surface area contributed by atoms with Crippen LogP contribution in [0.1, 0.15) is 12.0 Å². The molecule has 4 N–H and O–H groups in total. The summed E-state index contributed by atoms with van der Waals surface area (Å²) >= 11 is 1.60. The van der Waals surface area contributed by atoms with Crippen LogP contribution in [0.4, 0.5) is 4.79 Å². The number of hydrogen-bond donors (Lipinski definition) is 3. The van der Waals surface area contributed by atoms with Crippen LogP contribution in [-0.2, 0) is 11.3 Å². The van der Waals surface area contributed by atoms with E-state index in [9.17, 15) is 9.59 Å². The van der Waals surface area contributed by atoms with Crippen molar-refractivity contribution in [3.8, 4) is 11.5 Å². The zero-order valence-electron chi connectivity index (χ0n) is 13.5. The van der Waals surface area contributed by atoms with Crippen LogP contribution in [-0.4, -0.2) is 44.2 Å². The highest BCUT2D eigenvalue weighted by Crippen LogP contribution is 2.27. The first-order valence-corrected chi connectivity index (χ1v) is 8.44. The van der Waals surface area contributed by atoms with Crippen molar-refractivity contribution in [2.75, 3.05) is 26.2 Å². The Morgan fingerprint density at radius 3 is 2.52 bits per heavy atom. The molecule has 8 heteroatoms. The molecule has 0 radical (unpaired) electrons. The Balaban J connectivity index is 2.67. The van der Waals surface area contributed by atoms with Crippen LogP contribution in [0.2, 0.25) is 0 Å². The Bertz CT molecular complexity index is 539. The fraction of sp³-hybridized carbons (Fsp3) is 0.467. The second kappa shape index (κ2) is 9.83. The molecule has 0 heterocycles. The summed E-state index contributed by atoms with van der Waals surface area (Å²) in [5.41, 5.74) is 5.97. The Labute approximate surface area is 140 Å². The van der Waals surface area contributed by atoms with Crippen LogP contribution in [0.15, 0.2) is 18.2 Å². The molecule has 0 spiro atoms. The molecule has 0 aliphatic heterocycles. The summed E-state index contributed by atoms with van der Waals surface area (Å²) in [5.74, 6) is 1.69. The highest BCUT2D eigenvalue weighted by molar-refractivity contribution is 7.98. The summed E-state index contributed by atoms with van der Waals surface area (Å²) in [4.78, 5) is 23.2. The van der Waals surface area contributed by atoms with E-state index in [1.807, 2.05) is 12.3 Å². The lowest BCUT2D eigenvalue weighted by molar-refractivity contribution is -0.123. The number of amides is 3. The molecular weight excluding hydrogens is 318 g/mol. The monoisotopic (exact) mass is 341 g/mol. The van der Waals surface area contributed by atoms with E-state index in [2.05, 4.69) is 10.6 Å². The molecule has 0 saturated carbocycles. The molecule has 0 aliphatic rings. The van der Waals surface area contributed by atoms with Crippen molar-refractivity contribution in [1.29, 1.82) is 0 Å². The molecule has 1 rings (SSSR count). The van der Waals surface area contributed by atoms with Gasteiger partial charge in [0.25, 0.3) is 0 Å². The first-order chi connectivity index (χ1) is 11.0. The minimum atomic E-state index is -0.711. The van der Waals surface area contributed by atoms with Gasteiger partial charge in [0.15, 0.2) is 11.5 Å². The summed E-state index contributed by atoms with van der Waals surface area (Å²) in [6.45, 7) is 0.315. The van der Waals surface area contributed by atoms with Gasteiger partial charge in [-0.25, -0.2) is 4.79 Å². The lowest BCUT2D eigenvalue weighted by Crippen LogP contribution is -2.48. The molecule has 1 aromatic rings. The van der Waals surface area contributed by atoms with Gasteiger partial charge in [0, 0.05) is 6.54 Å². The van der Waals surface area contributed by atoms with Crippen LogP contribution in [0.25, 0.3) is 0 Å². The Hall–Kier alpha value is -2.09. The van der Waals surface area contributed by atoms with Crippen LogP contribution in [0.3, 0.4) is 0 Å². The van der Waals surface area contributed by atoms with Gasteiger partial charge in [0.2, 0.25) is 5.91 Å². The third-order valence-electron chi connectivity index (χ3n) is 3.16. The first-order valence-electron chi connectivity index (χ1n) is 7.05. The summed E-state index contributed by atoms with van der Waals surface area (Å²) in [6.07, 6.45) is 2.45. The van der Waals surface area contributed by atoms with Crippen LogP contribution in [0.5, 0.6) is 11.5 Å². The zero-order chi connectivity index (χ0) is 17.2. The lowest BCUT2D eigenvalue weighted by Gasteiger charge is -2.17. The van der Waals surface area contributed by atoms with E-state index in [1.165, 1.54) is 0 Å². The van der Waals surface area contributed by atoms with E-state index in [1.54, 1.807) is 38.1 Å². The number of nitrogens with one attached hydrogen (secondary N) is 2. The van der Waals surface area contributed by atoms with E-state index < -0.39 is 12.1 Å². The lowest BCUT2D eigenvalue weighted by atomic mass is 10.1. The summed E-state index contributed by atoms with van der Waals surface area (Å²) in [5, 5.41) is 5.25. The second-order valence-corrected chi connectivity index (χ2v) is 5.74. The minimum absolute atomic E-state index is 0.271. The summed E-state index contributed by atoms with van der Waals surface area (Å²) in [6, 6.07) is 4.04.